The molecule has 10 heteroatoms. The van der Waals surface area contributed by atoms with Crippen molar-refractivity contribution in [3.63, 3.8) is 0 Å². The van der Waals surface area contributed by atoms with Gasteiger partial charge < -0.3 is 15.1 Å². The Labute approximate surface area is 168 Å². The number of benzene rings is 1. The minimum atomic E-state index is -0.517. The molecule has 2 amide bonds. The number of likely N-dealkylation sites (tertiary alicyclic amines) is 1. The molecule has 1 aromatic carbocycles. The van der Waals surface area contributed by atoms with Crippen LogP contribution in [0.1, 0.15) is 18.4 Å². The Morgan fingerprint density at radius 2 is 2.15 bits per heavy atom. The van der Waals surface area contributed by atoms with E-state index in [4.69, 9.17) is 11.6 Å². The van der Waals surface area contributed by atoms with Crippen LogP contribution in [-0.4, -0.2) is 65.3 Å². The predicted octanol–water partition coefficient (Wildman–Crippen LogP) is 1.64. The number of hydrogen-bond acceptors (Lipinski definition) is 5. The van der Waals surface area contributed by atoms with Gasteiger partial charge in [-0.25, -0.2) is 0 Å². The highest BCUT2D eigenvalue weighted by Gasteiger charge is 2.31. The molecule has 0 aromatic heterocycles. The van der Waals surface area contributed by atoms with Crippen LogP contribution in [0.3, 0.4) is 0 Å². The van der Waals surface area contributed by atoms with Gasteiger partial charge in [-0.3, -0.25) is 19.7 Å². The number of carbonyl (C=O) groups is 2. The number of piperidine rings is 1. The Morgan fingerprint density at radius 3 is 2.81 bits per heavy atom. The minimum Gasteiger partial charge on any atom is -0.340 e. The highest BCUT2D eigenvalue weighted by molar-refractivity contribution is 6.31. The standard InChI is InChI=1S/C17H21ClN4O4.ClH/c18-15-9-13(22(25)26)4-3-12(15)8-16(23)20-6-1-2-14(11-20)21-7-5-19-10-17(21)24;/h3-4,9,14,19H,1-2,5-8,10-11H2;1H. The molecule has 148 valence electrons. The van der Waals surface area contributed by atoms with E-state index < -0.39 is 4.92 Å². The SMILES string of the molecule is Cl.O=C(Cc1ccc([N+](=O)[O-])cc1Cl)N1CCCC(N2CCNCC2=O)C1. The van der Waals surface area contributed by atoms with Gasteiger partial charge in [0.1, 0.15) is 0 Å². The zero-order valence-corrected chi connectivity index (χ0v) is 16.3. The predicted molar refractivity (Wildman–Crippen MR) is 103 cm³/mol. The lowest BCUT2D eigenvalue weighted by Gasteiger charge is -2.41. The number of nitro benzene ring substituents is 1. The van der Waals surface area contributed by atoms with Crippen LogP contribution in [0, 0.1) is 10.1 Å². The quantitative estimate of drug-likeness (QED) is 0.594. The highest BCUT2D eigenvalue weighted by atomic mass is 35.5. The molecule has 3 rings (SSSR count). The van der Waals surface area contributed by atoms with Gasteiger partial charge in [-0.05, 0) is 18.4 Å². The highest BCUT2D eigenvalue weighted by Crippen LogP contribution is 2.24. The first kappa shape index (κ1) is 21.4. The second kappa shape index (κ2) is 9.34. The van der Waals surface area contributed by atoms with Gasteiger partial charge in [-0.2, -0.15) is 0 Å². The van der Waals surface area contributed by atoms with Gasteiger partial charge in [0.15, 0.2) is 0 Å². The van der Waals surface area contributed by atoms with Gasteiger partial charge in [0.25, 0.3) is 5.69 Å². The lowest BCUT2D eigenvalue weighted by atomic mass is 10.0. The van der Waals surface area contributed by atoms with E-state index in [2.05, 4.69) is 5.32 Å². The normalized spacial score (nSPS) is 20.2. The van der Waals surface area contributed by atoms with E-state index in [9.17, 15) is 19.7 Å². The fraction of sp³-hybridized carbons (Fsp3) is 0.529. The first-order chi connectivity index (χ1) is 12.5. The number of nitrogens with zero attached hydrogens (tertiary/aromatic N) is 3. The zero-order chi connectivity index (χ0) is 18.7. The molecule has 2 heterocycles. The van der Waals surface area contributed by atoms with E-state index in [1.807, 2.05) is 4.90 Å². The van der Waals surface area contributed by atoms with E-state index in [1.54, 1.807) is 4.90 Å². The third kappa shape index (κ3) is 5.09. The number of halogens is 2. The van der Waals surface area contributed by atoms with E-state index in [0.717, 1.165) is 19.4 Å². The maximum atomic E-state index is 12.7. The van der Waals surface area contributed by atoms with Crippen molar-refractivity contribution in [1.82, 2.24) is 15.1 Å². The monoisotopic (exact) mass is 416 g/mol. The summed E-state index contributed by atoms with van der Waals surface area (Å²) in [6.45, 7) is 2.96. The van der Waals surface area contributed by atoms with Crippen LogP contribution in [-0.2, 0) is 16.0 Å². The van der Waals surface area contributed by atoms with Crippen LogP contribution in [0.5, 0.6) is 0 Å². The molecule has 8 nitrogen and oxygen atoms in total. The van der Waals surface area contributed by atoms with Crippen LogP contribution in [0.15, 0.2) is 18.2 Å². The summed E-state index contributed by atoms with van der Waals surface area (Å²) in [5.74, 6) is 0.00185. The zero-order valence-electron chi connectivity index (χ0n) is 14.7. The Bertz CT molecular complexity index is 731. The number of piperazine rings is 1. The second-order valence-electron chi connectivity index (χ2n) is 6.61. The molecule has 1 unspecified atom stereocenters. The summed E-state index contributed by atoms with van der Waals surface area (Å²) in [4.78, 5) is 38.6. The molecule has 2 aliphatic heterocycles. The van der Waals surface area contributed by atoms with Crippen LogP contribution in [0.2, 0.25) is 5.02 Å². The van der Waals surface area contributed by atoms with Crippen molar-refractivity contribution in [3.8, 4) is 0 Å². The molecular formula is C17H22Cl2N4O4. The summed E-state index contributed by atoms with van der Waals surface area (Å²) in [5, 5.41) is 14.1. The topological polar surface area (TPSA) is 95.8 Å². The van der Waals surface area contributed by atoms with Crippen molar-refractivity contribution in [1.29, 1.82) is 0 Å². The summed E-state index contributed by atoms with van der Waals surface area (Å²) < 4.78 is 0. The lowest BCUT2D eigenvalue weighted by molar-refractivity contribution is -0.384. The summed E-state index contributed by atoms with van der Waals surface area (Å²) in [7, 11) is 0. The van der Waals surface area contributed by atoms with Gasteiger partial charge in [-0.15, -0.1) is 12.4 Å². The Morgan fingerprint density at radius 1 is 1.37 bits per heavy atom. The van der Waals surface area contributed by atoms with Crippen molar-refractivity contribution in [2.45, 2.75) is 25.3 Å². The van der Waals surface area contributed by atoms with Crippen LogP contribution >= 0.6 is 24.0 Å². The molecule has 2 saturated heterocycles. The maximum Gasteiger partial charge on any atom is 0.270 e. The molecule has 1 atom stereocenters. The number of amides is 2. The third-order valence-corrected chi connectivity index (χ3v) is 5.26. The summed E-state index contributed by atoms with van der Waals surface area (Å²) >= 11 is 6.09. The number of nitro groups is 1. The van der Waals surface area contributed by atoms with Gasteiger partial charge in [0.2, 0.25) is 11.8 Å². The smallest absolute Gasteiger partial charge is 0.270 e. The molecule has 0 radical (unpaired) electrons. The maximum absolute atomic E-state index is 12.7. The molecule has 1 N–H and O–H groups in total. The fourth-order valence-corrected chi connectivity index (χ4v) is 3.75. The van der Waals surface area contributed by atoms with Crippen molar-refractivity contribution in [2.75, 3.05) is 32.7 Å². The fourth-order valence-electron chi connectivity index (χ4n) is 3.51. The molecule has 2 aliphatic rings. The van der Waals surface area contributed by atoms with E-state index in [-0.39, 0.29) is 47.4 Å². The minimum absolute atomic E-state index is 0. The first-order valence-corrected chi connectivity index (χ1v) is 9.04. The second-order valence-corrected chi connectivity index (χ2v) is 7.02. The van der Waals surface area contributed by atoms with Crippen molar-refractivity contribution in [3.05, 3.63) is 38.9 Å². The first-order valence-electron chi connectivity index (χ1n) is 8.66. The van der Waals surface area contributed by atoms with E-state index >= 15 is 0 Å². The largest absolute Gasteiger partial charge is 0.340 e. The van der Waals surface area contributed by atoms with Crippen LogP contribution < -0.4 is 5.32 Å². The Balaban J connectivity index is 0.00000261. The van der Waals surface area contributed by atoms with Gasteiger partial charge in [0, 0.05) is 44.4 Å². The number of hydrogen-bond donors (Lipinski definition) is 1. The summed E-state index contributed by atoms with van der Waals surface area (Å²) in [6, 6.07) is 4.20. The Hall–Kier alpha value is -1.90. The third-order valence-electron chi connectivity index (χ3n) is 4.91. The molecule has 27 heavy (non-hydrogen) atoms. The molecule has 1 aromatic rings. The molecule has 0 aliphatic carbocycles. The van der Waals surface area contributed by atoms with Gasteiger partial charge in [0.05, 0.1) is 22.9 Å². The van der Waals surface area contributed by atoms with Gasteiger partial charge >= 0.3 is 0 Å². The van der Waals surface area contributed by atoms with E-state index in [0.29, 0.717) is 31.7 Å². The Kier molecular flexibility index (Phi) is 7.41. The van der Waals surface area contributed by atoms with Crippen molar-refractivity contribution >= 4 is 41.5 Å². The number of nitrogens with one attached hydrogen (secondary N) is 1. The molecule has 0 spiro atoms. The van der Waals surface area contributed by atoms with Gasteiger partial charge in [-0.1, -0.05) is 17.7 Å². The van der Waals surface area contributed by atoms with Crippen LogP contribution in [0.4, 0.5) is 5.69 Å². The molecule has 0 bridgehead atoms. The van der Waals surface area contributed by atoms with Crippen molar-refractivity contribution < 1.29 is 14.5 Å². The number of non-ortho nitro benzene ring substituents is 1. The average Bonchev–Trinajstić information content (AvgIpc) is 2.63. The van der Waals surface area contributed by atoms with Crippen LogP contribution in [0.25, 0.3) is 0 Å². The van der Waals surface area contributed by atoms with E-state index in [1.165, 1.54) is 18.2 Å². The lowest BCUT2D eigenvalue weighted by Crippen LogP contribution is -2.57. The average molecular weight is 417 g/mol. The molecule has 0 saturated carbocycles. The number of rotatable bonds is 4. The summed E-state index contributed by atoms with van der Waals surface area (Å²) in [6.07, 6.45) is 1.84. The molecule has 2 fully saturated rings. The van der Waals surface area contributed by atoms with Crippen molar-refractivity contribution in [2.24, 2.45) is 0 Å². The molecular weight excluding hydrogens is 395 g/mol. The summed E-state index contributed by atoms with van der Waals surface area (Å²) in [5.41, 5.74) is 0.476. The number of carbonyl (C=O) groups excluding carboxylic acids is 2.